The molecule has 7 nitrogen and oxygen atoms in total. The Morgan fingerprint density at radius 1 is 1.09 bits per heavy atom. The highest BCUT2D eigenvalue weighted by molar-refractivity contribution is 7.13. The van der Waals surface area contributed by atoms with Gasteiger partial charge < -0.3 is 5.32 Å². The van der Waals surface area contributed by atoms with Crippen LogP contribution in [0.15, 0.2) is 70.8 Å². The Morgan fingerprint density at radius 3 is 2.64 bits per heavy atom. The third kappa shape index (κ3) is 3.96. The van der Waals surface area contributed by atoms with Gasteiger partial charge in [0.05, 0.1) is 4.88 Å². The summed E-state index contributed by atoms with van der Waals surface area (Å²) in [7, 11) is 0. The number of hydrogen-bond donors (Lipinski definition) is 2. The number of H-pyrrole nitrogens is 1. The monoisotopic (exact) mass is 455 g/mol. The van der Waals surface area contributed by atoms with Crippen LogP contribution in [0.3, 0.4) is 0 Å². The molecule has 3 aromatic heterocycles. The van der Waals surface area contributed by atoms with Crippen LogP contribution in [-0.2, 0) is 6.42 Å². The number of aromatic nitrogens is 4. The van der Waals surface area contributed by atoms with Crippen LogP contribution >= 0.6 is 11.3 Å². The number of hydrogen-bond acceptors (Lipinski definition) is 5. The second-order valence-electron chi connectivity index (χ2n) is 7.63. The quantitative estimate of drug-likeness (QED) is 0.392. The Hall–Kier alpha value is -4.04. The smallest absolute Gasteiger partial charge is 0.256 e. The molecule has 0 saturated heterocycles. The fraction of sp³-hybridized carbons (Fsp3) is 0.120. The molecule has 33 heavy (non-hydrogen) atoms. The van der Waals surface area contributed by atoms with E-state index in [4.69, 9.17) is 0 Å². The van der Waals surface area contributed by atoms with Crippen LogP contribution in [0.5, 0.6) is 0 Å². The average Bonchev–Trinajstić information content (AvgIpc) is 3.49. The molecule has 0 radical (unpaired) electrons. The summed E-state index contributed by atoms with van der Waals surface area (Å²) in [6.07, 6.45) is 0.583. The summed E-state index contributed by atoms with van der Waals surface area (Å²) in [5.41, 5.74) is 2.26. The van der Waals surface area contributed by atoms with Gasteiger partial charge in [-0.15, -0.1) is 11.3 Å². The van der Waals surface area contributed by atoms with Crippen molar-refractivity contribution in [2.45, 2.75) is 20.3 Å². The molecule has 0 fully saturated rings. The van der Waals surface area contributed by atoms with E-state index in [0.29, 0.717) is 34.8 Å². The number of fused-ring (bicyclic) bond motifs is 1. The molecule has 0 unspecified atom stereocenters. The highest BCUT2D eigenvalue weighted by Gasteiger charge is 2.18. The molecule has 0 bridgehead atoms. The Morgan fingerprint density at radius 2 is 1.91 bits per heavy atom. The van der Waals surface area contributed by atoms with Gasteiger partial charge in [0, 0.05) is 22.9 Å². The van der Waals surface area contributed by atoms with Gasteiger partial charge in [-0.3, -0.25) is 14.6 Å². The number of rotatable bonds is 5. The number of thiophene rings is 1. The average molecular weight is 456 g/mol. The highest BCUT2D eigenvalue weighted by Crippen LogP contribution is 2.28. The molecule has 2 N–H and O–H groups in total. The van der Waals surface area contributed by atoms with Crippen molar-refractivity contribution in [3.05, 3.63) is 93.2 Å². The molecule has 0 aliphatic carbocycles. The summed E-state index contributed by atoms with van der Waals surface area (Å²) < 4.78 is 1.47. The van der Waals surface area contributed by atoms with Gasteiger partial charge in [-0.1, -0.05) is 43.3 Å². The minimum absolute atomic E-state index is 0.208. The van der Waals surface area contributed by atoms with E-state index in [1.165, 1.54) is 4.68 Å². The fourth-order valence-corrected chi connectivity index (χ4v) is 4.49. The molecule has 3 heterocycles. The number of amides is 1. The van der Waals surface area contributed by atoms with Gasteiger partial charge >= 0.3 is 0 Å². The molecule has 0 atom stereocenters. The standard InChI is InChI=1S/C25H21N5O2S/c1-3-19-15(2)26-25(28-24(19)32)30-22(14-20(29-30)21-9-6-12-33-21)27-23(31)18-11-10-16-7-4-5-8-17(16)13-18/h4-14H,3H2,1-2H3,(H,27,31)(H,26,28,32). The van der Waals surface area contributed by atoms with Crippen molar-refractivity contribution in [3.63, 3.8) is 0 Å². The second-order valence-corrected chi connectivity index (χ2v) is 8.57. The van der Waals surface area contributed by atoms with E-state index < -0.39 is 0 Å². The van der Waals surface area contributed by atoms with E-state index in [0.717, 1.165) is 15.6 Å². The lowest BCUT2D eigenvalue weighted by Gasteiger charge is -2.10. The van der Waals surface area contributed by atoms with Gasteiger partial charge in [0.15, 0.2) is 0 Å². The number of aromatic amines is 1. The molecule has 5 aromatic rings. The van der Waals surface area contributed by atoms with E-state index in [1.807, 2.05) is 60.8 Å². The first kappa shape index (κ1) is 20.8. The number of nitrogens with zero attached hydrogens (tertiary/aromatic N) is 3. The van der Waals surface area contributed by atoms with Crippen LogP contribution in [0.2, 0.25) is 0 Å². The summed E-state index contributed by atoms with van der Waals surface area (Å²) in [6.45, 7) is 3.71. The van der Waals surface area contributed by atoms with Crippen LogP contribution in [0, 0.1) is 6.92 Å². The number of benzene rings is 2. The van der Waals surface area contributed by atoms with Crippen molar-refractivity contribution in [2.75, 3.05) is 5.32 Å². The van der Waals surface area contributed by atoms with Gasteiger partial charge in [0.25, 0.3) is 11.5 Å². The maximum absolute atomic E-state index is 13.1. The maximum atomic E-state index is 13.1. The Balaban J connectivity index is 1.57. The molecule has 164 valence electrons. The molecular weight excluding hydrogens is 434 g/mol. The van der Waals surface area contributed by atoms with E-state index in [2.05, 4.69) is 20.4 Å². The third-order valence-corrected chi connectivity index (χ3v) is 6.39. The predicted molar refractivity (Wildman–Crippen MR) is 131 cm³/mol. The van der Waals surface area contributed by atoms with Crippen LogP contribution < -0.4 is 10.9 Å². The van der Waals surface area contributed by atoms with Crippen molar-refractivity contribution < 1.29 is 4.79 Å². The predicted octanol–water partition coefficient (Wildman–Crippen LogP) is 4.96. The second kappa shape index (κ2) is 8.48. The molecule has 0 spiro atoms. The number of carbonyl (C=O) groups is 1. The Kier molecular flexibility index (Phi) is 5.35. The first-order valence-corrected chi connectivity index (χ1v) is 11.5. The van der Waals surface area contributed by atoms with Crippen LogP contribution in [-0.4, -0.2) is 25.7 Å². The largest absolute Gasteiger partial charge is 0.306 e. The van der Waals surface area contributed by atoms with Gasteiger partial charge in [0.2, 0.25) is 5.95 Å². The summed E-state index contributed by atoms with van der Waals surface area (Å²) in [4.78, 5) is 34.0. The first-order valence-electron chi connectivity index (χ1n) is 10.6. The lowest BCUT2D eigenvalue weighted by Crippen LogP contribution is -2.22. The third-order valence-electron chi connectivity index (χ3n) is 5.50. The lowest BCUT2D eigenvalue weighted by atomic mass is 10.1. The molecule has 1 amide bonds. The van der Waals surface area contributed by atoms with Crippen molar-refractivity contribution >= 4 is 33.8 Å². The first-order chi connectivity index (χ1) is 16.0. The molecular formula is C25H21N5O2S. The van der Waals surface area contributed by atoms with E-state index in [-0.39, 0.29) is 17.4 Å². The van der Waals surface area contributed by atoms with Crippen molar-refractivity contribution in [1.29, 1.82) is 0 Å². The van der Waals surface area contributed by atoms with Gasteiger partial charge in [0.1, 0.15) is 11.5 Å². The van der Waals surface area contributed by atoms with E-state index in [1.54, 1.807) is 30.4 Å². The molecule has 2 aromatic carbocycles. The lowest BCUT2D eigenvalue weighted by molar-refractivity contribution is 0.102. The summed E-state index contributed by atoms with van der Waals surface area (Å²) >= 11 is 1.54. The number of nitrogens with one attached hydrogen (secondary N) is 2. The number of aryl methyl sites for hydroxylation is 1. The van der Waals surface area contributed by atoms with Crippen LogP contribution in [0.4, 0.5) is 5.82 Å². The minimum atomic E-state index is -0.274. The normalized spacial score (nSPS) is 11.1. The Bertz CT molecular complexity index is 1530. The summed E-state index contributed by atoms with van der Waals surface area (Å²) in [5, 5.41) is 11.6. The zero-order valence-electron chi connectivity index (χ0n) is 18.1. The Labute approximate surface area is 193 Å². The number of anilines is 1. The molecule has 0 aliphatic rings. The van der Waals surface area contributed by atoms with Crippen molar-refractivity contribution in [1.82, 2.24) is 19.7 Å². The minimum Gasteiger partial charge on any atom is -0.306 e. The van der Waals surface area contributed by atoms with Gasteiger partial charge in [-0.05, 0) is 47.7 Å². The fourth-order valence-electron chi connectivity index (χ4n) is 3.81. The molecule has 0 saturated carbocycles. The van der Waals surface area contributed by atoms with E-state index in [9.17, 15) is 9.59 Å². The zero-order chi connectivity index (χ0) is 22.9. The van der Waals surface area contributed by atoms with Crippen LogP contribution in [0.25, 0.3) is 27.3 Å². The maximum Gasteiger partial charge on any atom is 0.256 e. The number of carbonyl (C=O) groups excluding carboxylic acids is 1. The zero-order valence-corrected chi connectivity index (χ0v) is 18.9. The summed E-state index contributed by atoms with van der Waals surface area (Å²) in [5.74, 6) is 0.401. The van der Waals surface area contributed by atoms with Crippen molar-refractivity contribution in [2.24, 2.45) is 0 Å². The SMILES string of the molecule is CCc1c(C)nc(-n2nc(-c3cccs3)cc2NC(=O)c2ccc3ccccc3c2)[nH]c1=O. The molecule has 5 rings (SSSR count). The van der Waals surface area contributed by atoms with E-state index >= 15 is 0 Å². The van der Waals surface area contributed by atoms with Crippen molar-refractivity contribution in [3.8, 4) is 16.5 Å². The topological polar surface area (TPSA) is 92.7 Å². The van der Waals surface area contributed by atoms with Gasteiger partial charge in [-0.25, -0.2) is 4.98 Å². The highest BCUT2D eigenvalue weighted by atomic mass is 32.1. The summed E-state index contributed by atoms with van der Waals surface area (Å²) in [6, 6.07) is 19.1. The van der Waals surface area contributed by atoms with Gasteiger partial charge in [-0.2, -0.15) is 9.78 Å². The molecule has 8 heteroatoms. The molecule has 0 aliphatic heterocycles. The van der Waals surface area contributed by atoms with Crippen LogP contribution in [0.1, 0.15) is 28.5 Å².